The predicted octanol–water partition coefficient (Wildman–Crippen LogP) is -0.383. The van der Waals surface area contributed by atoms with Gasteiger partial charge < -0.3 is 15.7 Å². The number of rotatable bonds is 2. The van der Waals surface area contributed by atoms with Gasteiger partial charge in [-0.2, -0.15) is 0 Å². The smallest absolute Gasteiger partial charge is 0.328 e. The molecule has 0 saturated carbocycles. The fraction of sp³-hybridized carbons (Fsp3) is 0.167. The molecule has 0 aromatic carbocycles. The van der Waals surface area contributed by atoms with E-state index in [-0.39, 0.29) is 6.17 Å². The summed E-state index contributed by atoms with van der Waals surface area (Å²) in [5, 5.41) is 14.0. The summed E-state index contributed by atoms with van der Waals surface area (Å²) in [7, 11) is 0. The van der Waals surface area contributed by atoms with Crippen molar-refractivity contribution in [2.75, 3.05) is 0 Å². The maximum Gasteiger partial charge on any atom is 0.328 e. The van der Waals surface area contributed by atoms with Gasteiger partial charge in [0, 0.05) is 18.5 Å². The molecular weight excluding hydrogens is 132 g/mol. The van der Waals surface area contributed by atoms with Crippen LogP contribution < -0.4 is 10.6 Å². The first-order chi connectivity index (χ1) is 4.79. The Bertz CT molecular complexity index is 178. The molecule has 0 saturated heterocycles. The lowest BCUT2D eigenvalue weighted by Crippen LogP contribution is -2.28. The van der Waals surface area contributed by atoms with E-state index in [1.54, 1.807) is 12.4 Å². The molecule has 0 atom stereocenters. The van der Waals surface area contributed by atoms with Gasteiger partial charge in [0.25, 0.3) is 0 Å². The zero-order valence-electron chi connectivity index (χ0n) is 5.24. The van der Waals surface area contributed by atoms with Crippen molar-refractivity contribution < 1.29 is 9.90 Å². The number of aliphatic carboxylic acids is 1. The van der Waals surface area contributed by atoms with Crippen LogP contribution in [0, 0.1) is 0 Å². The van der Waals surface area contributed by atoms with Crippen LogP contribution in [0.25, 0.3) is 0 Å². The van der Waals surface area contributed by atoms with E-state index in [0.717, 1.165) is 6.08 Å². The molecule has 1 heterocycles. The molecule has 3 N–H and O–H groups in total. The number of carboxylic acids is 1. The maximum absolute atomic E-state index is 9.99. The SMILES string of the molecule is O=C(O)/C=C/C1NC=CN1. The van der Waals surface area contributed by atoms with Crippen LogP contribution in [-0.4, -0.2) is 17.2 Å². The van der Waals surface area contributed by atoms with E-state index < -0.39 is 5.97 Å². The third-order valence-electron chi connectivity index (χ3n) is 1.07. The van der Waals surface area contributed by atoms with Gasteiger partial charge in [-0.05, 0) is 6.08 Å². The molecular formula is C6H8N2O2. The van der Waals surface area contributed by atoms with Gasteiger partial charge in [-0.1, -0.05) is 0 Å². The van der Waals surface area contributed by atoms with Gasteiger partial charge in [-0.15, -0.1) is 0 Å². The second-order valence-corrected chi connectivity index (χ2v) is 1.84. The standard InChI is InChI=1S/C6H8N2O2/c9-6(10)2-1-5-7-3-4-8-5/h1-5,7-8H,(H,9,10)/b2-1+. The molecule has 4 heteroatoms. The van der Waals surface area contributed by atoms with Crippen LogP contribution in [-0.2, 0) is 4.79 Å². The zero-order chi connectivity index (χ0) is 7.40. The topological polar surface area (TPSA) is 61.4 Å². The van der Waals surface area contributed by atoms with E-state index >= 15 is 0 Å². The number of carbonyl (C=O) groups is 1. The summed E-state index contributed by atoms with van der Waals surface area (Å²) in [6, 6.07) is 0. The molecule has 54 valence electrons. The quantitative estimate of drug-likeness (QED) is 0.457. The monoisotopic (exact) mass is 140 g/mol. The Morgan fingerprint density at radius 3 is 2.60 bits per heavy atom. The van der Waals surface area contributed by atoms with Crippen LogP contribution in [0.1, 0.15) is 0 Å². The van der Waals surface area contributed by atoms with E-state index in [0.29, 0.717) is 0 Å². The fourth-order valence-corrected chi connectivity index (χ4v) is 0.641. The van der Waals surface area contributed by atoms with Crippen LogP contribution in [0.5, 0.6) is 0 Å². The van der Waals surface area contributed by atoms with Crippen LogP contribution in [0.3, 0.4) is 0 Å². The lowest BCUT2D eigenvalue weighted by molar-refractivity contribution is -0.131. The largest absolute Gasteiger partial charge is 0.478 e. The number of carboxylic acid groups (broad SMARTS) is 1. The molecule has 0 aliphatic carbocycles. The van der Waals surface area contributed by atoms with Crippen molar-refractivity contribution >= 4 is 5.97 Å². The van der Waals surface area contributed by atoms with Crippen molar-refractivity contribution in [1.82, 2.24) is 10.6 Å². The van der Waals surface area contributed by atoms with Crippen molar-refractivity contribution in [2.24, 2.45) is 0 Å². The molecule has 1 rings (SSSR count). The van der Waals surface area contributed by atoms with Crippen molar-refractivity contribution in [3.63, 3.8) is 0 Å². The molecule has 1 aliphatic heterocycles. The van der Waals surface area contributed by atoms with E-state index in [9.17, 15) is 4.79 Å². The molecule has 4 nitrogen and oxygen atoms in total. The van der Waals surface area contributed by atoms with Crippen LogP contribution >= 0.6 is 0 Å². The fourth-order valence-electron chi connectivity index (χ4n) is 0.641. The minimum absolute atomic E-state index is 0.0731. The van der Waals surface area contributed by atoms with Gasteiger partial charge in [-0.25, -0.2) is 4.79 Å². The Labute approximate surface area is 58.2 Å². The minimum Gasteiger partial charge on any atom is -0.478 e. The number of hydrogen-bond acceptors (Lipinski definition) is 3. The van der Waals surface area contributed by atoms with E-state index in [1.165, 1.54) is 6.08 Å². The van der Waals surface area contributed by atoms with Crippen LogP contribution in [0.2, 0.25) is 0 Å². The molecule has 0 aromatic rings. The van der Waals surface area contributed by atoms with Crippen LogP contribution in [0.4, 0.5) is 0 Å². The molecule has 0 radical (unpaired) electrons. The predicted molar refractivity (Wildman–Crippen MR) is 36.0 cm³/mol. The van der Waals surface area contributed by atoms with Gasteiger partial charge >= 0.3 is 5.97 Å². The zero-order valence-corrected chi connectivity index (χ0v) is 5.24. The summed E-state index contributed by atoms with van der Waals surface area (Å²) in [4.78, 5) is 9.99. The second-order valence-electron chi connectivity index (χ2n) is 1.84. The Morgan fingerprint density at radius 1 is 1.50 bits per heavy atom. The summed E-state index contributed by atoms with van der Waals surface area (Å²) < 4.78 is 0. The Morgan fingerprint density at radius 2 is 2.10 bits per heavy atom. The van der Waals surface area contributed by atoms with Gasteiger partial charge in [-0.3, -0.25) is 0 Å². The molecule has 0 amide bonds. The first-order valence-electron chi connectivity index (χ1n) is 2.87. The van der Waals surface area contributed by atoms with Gasteiger partial charge in [0.15, 0.2) is 0 Å². The molecule has 0 spiro atoms. The Hall–Kier alpha value is -1.45. The first kappa shape index (κ1) is 6.67. The average Bonchev–Trinajstić information content (AvgIpc) is 2.34. The summed E-state index contributed by atoms with van der Waals surface area (Å²) in [5.74, 6) is -0.935. The normalized spacial score (nSPS) is 17.2. The molecule has 0 bridgehead atoms. The summed E-state index contributed by atoms with van der Waals surface area (Å²) in [6.45, 7) is 0. The number of hydrogen-bond donors (Lipinski definition) is 3. The molecule has 10 heavy (non-hydrogen) atoms. The number of nitrogens with one attached hydrogen (secondary N) is 2. The second kappa shape index (κ2) is 2.91. The summed E-state index contributed by atoms with van der Waals surface area (Å²) >= 11 is 0. The van der Waals surface area contributed by atoms with Gasteiger partial charge in [0.1, 0.15) is 6.17 Å². The minimum atomic E-state index is -0.935. The van der Waals surface area contributed by atoms with E-state index in [2.05, 4.69) is 10.6 Å². The highest BCUT2D eigenvalue weighted by atomic mass is 16.4. The van der Waals surface area contributed by atoms with Gasteiger partial charge in [0.05, 0.1) is 0 Å². The van der Waals surface area contributed by atoms with E-state index in [4.69, 9.17) is 5.11 Å². The van der Waals surface area contributed by atoms with E-state index in [1.807, 2.05) is 0 Å². The molecule has 1 aliphatic rings. The first-order valence-corrected chi connectivity index (χ1v) is 2.87. The van der Waals surface area contributed by atoms with Crippen molar-refractivity contribution in [3.05, 3.63) is 24.6 Å². The Balaban J connectivity index is 2.32. The van der Waals surface area contributed by atoms with Crippen LogP contribution in [0.15, 0.2) is 24.6 Å². The van der Waals surface area contributed by atoms with Crippen molar-refractivity contribution in [3.8, 4) is 0 Å². The maximum atomic E-state index is 9.99. The lowest BCUT2D eigenvalue weighted by atomic mass is 10.4. The molecule has 0 unspecified atom stereocenters. The van der Waals surface area contributed by atoms with Gasteiger partial charge in [0.2, 0.25) is 0 Å². The highest BCUT2D eigenvalue weighted by molar-refractivity contribution is 5.79. The summed E-state index contributed by atoms with van der Waals surface area (Å²) in [5.41, 5.74) is 0. The molecule has 0 fully saturated rings. The lowest BCUT2D eigenvalue weighted by Gasteiger charge is -2.03. The summed E-state index contributed by atoms with van der Waals surface area (Å²) in [6.07, 6.45) is 5.99. The third-order valence-corrected chi connectivity index (χ3v) is 1.07. The third kappa shape index (κ3) is 1.81. The molecule has 0 aromatic heterocycles. The highest BCUT2D eigenvalue weighted by Gasteiger charge is 2.01. The van der Waals surface area contributed by atoms with Crippen molar-refractivity contribution in [2.45, 2.75) is 6.17 Å². The highest BCUT2D eigenvalue weighted by Crippen LogP contribution is 1.88. The Kier molecular flexibility index (Phi) is 1.94. The average molecular weight is 140 g/mol. The van der Waals surface area contributed by atoms with Crippen molar-refractivity contribution in [1.29, 1.82) is 0 Å².